The highest BCUT2D eigenvalue weighted by Crippen LogP contribution is 2.22. The van der Waals surface area contributed by atoms with Crippen molar-refractivity contribution in [2.45, 2.75) is 0 Å². The molecule has 2 aromatic rings. The van der Waals surface area contributed by atoms with Crippen LogP contribution in [0.2, 0.25) is 5.28 Å². The lowest BCUT2D eigenvalue weighted by atomic mass is 10.3. The fraction of sp³-hybridized carbons (Fsp3) is 0. The molecule has 0 aliphatic rings. The Balaban J connectivity index is 2.90. The van der Waals surface area contributed by atoms with Crippen LogP contribution in [0.3, 0.4) is 0 Å². The third kappa shape index (κ3) is 0.935. The highest BCUT2D eigenvalue weighted by atomic mass is 35.5. The van der Waals surface area contributed by atoms with Crippen LogP contribution in [0.15, 0.2) is 18.2 Å². The lowest BCUT2D eigenvalue weighted by molar-refractivity contribution is 0.480. The van der Waals surface area contributed by atoms with Gasteiger partial charge in [0, 0.05) is 0 Å². The van der Waals surface area contributed by atoms with E-state index in [9.17, 15) is 5.11 Å². The van der Waals surface area contributed by atoms with Crippen LogP contribution in [-0.4, -0.2) is 15.1 Å². The number of rotatable bonds is 0. The van der Waals surface area contributed by atoms with E-state index in [2.05, 4.69) is 9.97 Å². The number of aromatic amines is 1. The molecule has 1 aromatic carbocycles. The summed E-state index contributed by atoms with van der Waals surface area (Å²) in [5.74, 6) is 0.168. The quantitative estimate of drug-likeness (QED) is 0.632. The molecule has 0 radical (unpaired) electrons. The zero-order chi connectivity index (χ0) is 7.84. The SMILES string of the molecule is Oc1cccc2nc(Cl)[nH]c12. The topological polar surface area (TPSA) is 48.9 Å². The van der Waals surface area contributed by atoms with Gasteiger partial charge in [-0.05, 0) is 23.7 Å². The molecular weight excluding hydrogens is 164 g/mol. The Hall–Kier alpha value is -1.22. The molecular formula is C7H5ClN2O. The maximum atomic E-state index is 9.25. The van der Waals surface area contributed by atoms with E-state index in [1.165, 1.54) is 0 Å². The van der Waals surface area contributed by atoms with E-state index in [1.54, 1.807) is 18.2 Å². The van der Waals surface area contributed by atoms with Crippen molar-refractivity contribution < 1.29 is 5.11 Å². The van der Waals surface area contributed by atoms with E-state index in [4.69, 9.17) is 11.6 Å². The summed E-state index contributed by atoms with van der Waals surface area (Å²) < 4.78 is 0. The zero-order valence-electron chi connectivity index (χ0n) is 5.50. The van der Waals surface area contributed by atoms with Gasteiger partial charge in [-0.15, -0.1) is 0 Å². The summed E-state index contributed by atoms with van der Waals surface area (Å²) >= 11 is 5.58. The molecule has 1 aromatic heterocycles. The number of nitrogens with one attached hydrogen (secondary N) is 1. The maximum absolute atomic E-state index is 9.25. The highest BCUT2D eigenvalue weighted by Gasteiger charge is 2.02. The first-order chi connectivity index (χ1) is 5.27. The summed E-state index contributed by atoms with van der Waals surface area (Å²) in [4.78, 5) is 6.65. The number of halogens is 1. The van der Waals surface area contributed by atoms with E-state index in [-0.39, 0.29) is 5.75 Å². The molecule has 56 valence electrons. The van der Waals surface area contributed by atoms with Gasteiger partial charge < -0.3 is 10.1 Å². The number of para-hydroxylation sites is 1. The number of fused-ring (bicyclic) bond motifs is 1. The van der Waals surface area contributed by atoms with Crippen molar-refractivity contribution in [2.75, 3.05) is 0 Å². The van der Waals surface area contributed by atoms with Crippen LogP contribution in [0, 0.1) is 0 Å². The number of nitrogens with zero attached hydrogens (tertiary/aromatic N) is 1. The molecule has 0 saturated heterocycles. The van der Waals surface area contributed by atoms with Crippen LogP contribution < -0.4 is 0 Å². The molecule has 2 N–H and O–H groups in total. The van der Waals surface area contributed by atoms with E-state index in [1.807, 2.05) is 0 Å². The van der Waals surface area contributed by atoms with Crippen LogP contribution in [0.5, 0.6) is 5.75 Å². The monoisotopic (exact) mass is 168 g/mol. The van der Waals surface area contributed by atoms with E-state index < -0.39 is 0 Å². The number of aromatic nitrogens is 2. The molecule has 1 heterocycles. The smallest absolute Gasteiger partial charge is 0.201 e. The van der Waals surface area contributed by atoms with Crippen LogP contribution in [-0.2, 0) is 0 Å². The van der Waals surface area contributed by atoms with Gasteiger partial charge >= 0.3 is 0 Å². The lowest BCUT2D eigenvalue weighted by Gasteiger charge is -1.89. The van der Waals surface area contributed by atoms with Gasteiger partial charge in [-0.1, -0.05) is 6.07 Å². The number of imidazole rings is 1. The summed E-state index contributed by atoms with van der Waals surface area (Å²) in [6.07, 6.45) is 0. The number of H-pyrrole nitrogens is 1. The first-order valence-corrected chi connectivity index (χ1v) is 3.48. The van der Waals surface area contributed by atoms with Gasteiger partial charge in [0.1, 0.15) is 11.3 Å². The molecule has 0 aliphatic heterocycles. The molecule has 0 saturated carbocycles. The van der Waals surface area contributed by atoms with Crippen molar-refractivity contribution in [3.63, 3.8) is 0 Å². The van der Waals surface area contributed by atoms with Gasteiger partial charge in [-0.25, -0.2) is 4.98 Å². The van der Waals surface area contributed by atoms with Crippen LogP contribution in [0.1, 0.15) is 0 Å². The van der Waals surface area contributed by atoms with Crippen molar-refractivity contribution in [3.8, 4) is 5.75 Å². The van der Waals surface area contributed by atoms with Crippen molar-refractivity contribution in [1.82, 2.24) is 9.97 Å². The molecule has 0 bridgehead atoms. The Labute approximate surface area is 67.6 Å². The lowest BCUT2D eigenvalue weighted by Crippen LogP contribution is -1.68. The van der Waals surface area contributed by atoms with Gasteiger partial charge in [0.15, 0.2) is 0 Å². The minimum Gasteiger partial charge on any atom is -0.506 e. The van der Waals surface area contributed by atoms with Crippen LogP contribution in [0.25, 0.3) is 11.0 Å². The van der Waals surface area contributed by atoms with Gasteiger partial charge in [0.2, 0.25) is 5.28 Å². The van der Waals surface area contributed by atoms with Gasteiger partial charge in [-0.2, -0.15) is 0 Å². The molecule has 3 nitrogen and oxygen atoms in total. The van der Waals surface area contributed by atoms with Gasteiger partial charge in [0.05, 0.1) is 5.52 Å². The fourth-order valence-electron chi connectivity index (χ4n) is 0.986. The molecule has 0 unspecified atom stereocenters. The first-order valence-electron chi connectivity index (χ1n) is 3.10. The minimum atomic E-state index is 0.168. The predicted octanol–water partition coefficient (Wildman–Crippen LogP) is 1.92. The van der Waals surface area contributed by atoms with E-state index in [0.717, 1.165) is 0 Å². The zero-order valence-corrected chi connectivity index (χ0v) is 6.26. The summed E-state index contributed by atoms with van der Waals surface area (Å²) in [7, 11) is 0. The van der Waals surface area contributed by atoms with Crippen LogP contribution in [0.4, 0.5) is 0 Å². The second-order valence-electron chi connectivity index (χ2n) is 2.20. The minimum absolute atomic E-state index is 0.168. The molecule has 2 rings (SSSR count). The normalized spacial score (nSPS) is 10.6. The molecule has 0 amide bonds. The Morgan fingerprint density at radius 1 is 1.45 bits per heavy atom. The van der Waals surface area contributed by atoms with Crippen molar-refractivity contribution in [1.29, 1.82) is 0 Å². The number of benzene rings is 1. The number of phenols is 1. The third-order valence-electron chi connectivity index (χ3n) is 1.47. The molecule has 0 aliphatic carbocycles. The van der Waals surface area contributed by atoms with Crippen LogP contribution >= 0.6 is 11.6 Å². The number of hydrogen-bond donors (Lipinski definition) is 2. The average molecular weight is 169 g/mol. The Bertz CT molecular complexity index is 396. The number of hydrogen-bond acceptors (Lipinski definition) is 2. The Morgan fingerprint density at radius 3 is 3.00 bits per heavy atom. The summed E-state index contributed by atoms with van der Waals surface area (Å²) in [6.45, 7) is 0. The van der Waals surface area contributed by atoms with Crippen molar-refractivity contribution in [3.05, 3.63) is 23.5 Å². The number of phenolic OH excluding ortho intramolecular Hbond substituents is 1. The molecule has 11 heavy (non-hydrogen) atoms. The molecule has 0 fully saturated rings. The standard InChI is InChI=1S/C7H5ClN2O/c8-7-9-4-2-1-3-5(11)6(4)10-7/h1-3,11H,(H,9,10). The van der Waals surface area contributed by atoms with Gasteiger partial charge in [0.25, 0.3) is 0 Å². The van der Waals surface area contributed by atoms with E-state index >= 15 is 0 Å². The second-order valence-corrected chi connectivity index (χ2v) is 2.56. The third-order valence-corrected chi connectivity index (χ3v) is 1.65. The van der Waals surface area contributed by atoms with Gasteiger partial charge in [-0.3, -0.25) is 0 Å². The summed E-state index contributed by atoms with van der Waals surface area (Å²) in [5, 5.41) is 9.55. The van der Waals surface area contributed by atoms with Crippen molar-refractivity contribution in [2.24, 2.45) is 0 Å². The first kappa shape index (κ1) is 6.49. The predicted molar refractivity (Wildman–Crippen MR) is 42.8 cm³/mol. The van der Waals surface area contributed by atoms with Crippen molar-refractivity contribution >= 4 is 22.6 Å². The maximum Gasteiger partial charge on any atom is 0.201 e. The second kappa shape index (κ2) is 2.13. The Kier molecular flexibility index (Phi) is 1.26. The Morgan fingerprint density at radius 2 is 2.27 bits per heavy atom. The average Bonchev–Trinajstić information content (AvgIpc) is 2.31. The molecule has 4 heteroatoms. The summed E-state index contributed by atoms with van der Waals surface area (Å²) in [6, 6.07) is 5.07. The molecule has 0 spiro atoms. The number of aromatic hydroxyl groups is 1. The highest BCUT2D eigenvalue weighted by molar-refractivity contribution is 6.29. The molecule has 0 atom stereocenters. The largest absolute Gasteiger partial charge is 0.506 e. The summed E-state index contributed by atoms with van der Waals surface area (Å²) in [5.41, 5.74) is 1.26. The van der Waals surface area contributed by atoms with E-state index in [0.29, 0.717) is 16.3 Å². The fourth-order valence-corrected chi connectivity index (χ4v) is 1.17.